The molecule has 1 N–H and O–H groups in total. The van der Waals surface area contributed by atoms with E-state index in [9.17, 15) is 4.79 Å². The van der Waals surface area contributed by atoms with Gasteiger partial charge in [0.2, 0.25) is 0 Å². The van der Waals surface area contributed by atoms with Gasteiger partial charge in [-0.15, -0.1) is 0 Å². The van der Waals surface area contributed by atoms with Crippen LogP contribution in [0.3, 0.4) is 0 Å². The van der Waals surface area contributed by atoms with Gasteiger partial charge in [-0.05, 0) is 49.8 Å². The number of hydrogen-bond acceptors (Lipinski definition) is 4. The van der Waals surface area contributed by atoms with Crippen LogP contribution < -0.4 is 10.2 Å². The third-order valence-corrected chi connectivity index (χ3v) is 5.60. The van der Waals surface area contributed by atoms with Gasteiger partial charge in [0.25, 0.3) is 5.91 Å². The fourth-order valence-electron chi connectivity index (χ4n) is 4.24. The van der Waals surface area contributed by atoms with Crippen molar-refractivity contribution in [1.82, 2.24) is 15.3 Å². The minimum Gasteiger partial charge on any atom is -0.494 e. The van der Waals surface area contributed by atoms with Gasteiger partial charge in [0.05, 0.1) is 12.6 Å². The van der Waals surface area contributed by atoms with Crippen molar-refractivity contribution in [2.24, 2.45) is 5.92 Å². The van der Waals surface area contributed by atoms with Crippen LogP contribution in [-0.2, 0) is 4.79 Å². The molecule has 2 heterocycles. The second-order valence-corrected chi connectivity index (χ2v) is 7.28. The van der Waals surface area contributed by atoms with Crippen LogP contribution in [0.15, 0.2) is 36.7 Å². The summed E-state index contributed by atoms with van der Waals surface area (Å²) in [6.45, 7) is 3.54. The van der Waals surface area contributed by atoms with Crippen molar-refractivity contribution in [3.05, 3.63) is 42.2 Å². The van der Waals surface area contributed by atoms with E-state index in [1.807, 2.05) is 41.4 Å². The predicted molar refractivity (Wildman–Crippen MR) is 96.5 cm³/mol. The maximum atomic E-state index is 12.9. The third-order valence-electron chi connectivity index (χ3n) is 5.60. The van der Waals surface area contributed by atoms with Crippen molar-refractivity contribution in [3.8, 4) is 5.75 Å². The molecule has 2 fully saturated rings. The average Bonchev–Trinajstić information content (AvgIpc) is 3.28. The summed E-state index contributed by atoms with van der Waals surface area (Å²) >= 11 is 0. The fourth-order valence-corrected chi connectivity index (χ4v) is 4.24. The Kier molecular flexibility index (Phi) is 4.66. The number of hydrogen-bond donors (Lipinski definition) is 1. The van der Waals surface area contributed by atoms with Gasteiger partial charge in [-0.1, -0.05) is 25.0 Å². The number of benzene rings is 1. The fraction of sp³-hybridized carbons (Fsp3) is 0.550. The molecule has 4 rings (SSSR count). The Bertz CT molecular complexity index is 637. The first kappa shape index (κ1) is 16.5. The maximum Gasteiger partial charge on any atom is 0.250 e. The highest BCUT2D eigenvalue weighted by Gasteiger charge is 2.40. The topological polar surface area (TPSA) is 44.8 Å². The molecule has 5 nitrogen and oxygen atoms in total. The smallest absolute Gasteiger partial charge is 0.250 e. The summed E-state index contributed by atoms with van der Waals surface area (Å²) in [6, 6.07) is 8.25. The van der Waals surface area contributed by atoms with Crippen molar-refractivity contribution in [1.29, 1.82) is 0 Å². The second kappa shape index (κ2) is 7.08. The molecule has 134 valence electrons. The highest BCUT2D eigenvalue weighted by molar-refractivity contribution is 5.84. The van der Waals surface area contributed by atoms with Crippen LogP contribution in [0.5, 0.6) is 5.75 Å². The van der Waals surface area contributed by atoms with Gasteiger partial charge in [0.15, 0.2) is 0 Å². The minimum absolute atomic E-state index is 0.0945. The molecule has 5 heteroatoms. The number of nitrogens with one attached hydrogen (secondary N) is 1. The molecule has 1 aromatic carbocycles. The zero-order chi connectivity index (χ0) is 17.2. The Hall–Kier alpha value is -2.01. The number of nitrogens with zero attached hydrogens (tertiary/aromatic N) is 2. The number of rotatable bonds is 5. The summed E-state index contributed by atoms with van der Waals surface area (Å²) < 4.78 is 5.51. The third kappa shape index (κ3) is 3.38. The van der Waals surface area contributed by atoms with Crippen LogP contribution in [0.25, 0.3) is 0 Å². The van der Waals surface area contributed by atoms with E-state index in [2.05, 4.69) is 17.6 Å². The van der Waals surface area contributed by atoms with Crippen LogP contribution in [-0.4, -0.2) is 35.0 Å². The van der Waals surface area contributed by atoms with Crippen molar-refractivity contribution < 1.29 is 9.53 Å². The molecule has 0 spiro atoms. The molecule has 2 unspecified atom stereocenters. The normalized spacial score (nSPS) is 26.4. The molecule has 1 saturated carbocycles. The predicted octanol–water partition coefficient (Wildman–Crippen LogP) is 3.21. The van der Waals surface area contributed by atoms with Crippen molar-refractivity contribution in [3.63, 3.8) is 0 Å². The van der Waals surface area contributed by atoms with E-state index in [0.29, 0.717) is 12.5 Å². The van der Waals surface area contributed by atoms with Crippen molar-refractivity contribution in [2.45, 2.75) is 51.1 Å². The Balaban J connectivity index is 1.41. The van der Waals surface area contributed by atoms with Gasteiger partial charge in [-0.3, -0.25) is 4.79 Å². The van der Waals surface area contributed by atoms with E-state index in [0.717, 1.165) is 18.7 Å². The zero-order valence-electron chi connectivity index (χ0n) is 14.9. The molecule has 1 aromatic rings. The first-order valence-corrected chi connectivity index (χ1v) is 9.50. The average molecular weight is 341 g/mol. The zero-order valence-corrected chi connectivity index (χ0v) is 14.9. The highest BCUT2D eigenvalue weighted by Crippen LogP contribution is 2.33. The lowest BCUT2D eigenvalue weighted by molar-refractivity contribution is -0.135. The summed E-state index contributed by atoms with van der Waals surface area (Å²) in [5.41, 5.74) is 4.66. The summed E-state index contributed by atoms with van der Waals surface area (Å²) in [7, 11) is 0. The van der Waals surface area contributed by atoms with Crippen LogP contribution in [0.2, 0.25) is 0 Å². The van der Waals surface area contributed by atoms with Gasteiger partial charge in [-0.25, -0.2) is 5.43 Å². The van der Waals surface area contributed by atoms with E-state index in [4.69, 9.17) is 4.74 Å². The lowest BCUT2D eigenvalue weighted by Gasteiger charge is -2.33. The number of ether oxygens (including phenoxy) is 1. The van der Waals surface area contributed by atoms with E-state index in [-0.39, 0.29) is 18.0 Å². The number of hydrazine groups is 1. The Morgan fingerprint density at radius 2 is 1.92 bits per heavy atom. The largest absolute Gasteiger partial charge is 0.494 e. The molecule has 25 heavy (non-hydrogen) atoms. The van der Waals surface area contributed by atoms with E-state index >= 15 is 0 Å². The maximum absolute atomic E-state index is 12.9. The molecular formula is C20H27N3O2. The molecule has 1 saturated heterocycles. The number of fused-ring (bicyclic) bond motifs is 1. The SMILES string of the molecule is CCOc1ccc(C2CC3C(=O)N(CC4CCCC4)C=CN3N2)cc1. The number of carbonyl (C=O) groups is 1. The Morgan fingerprint density at radius 3 is 2.64 bits per heavy atom. The van der Waals surface area contributed by atoms with E-state index in [1.165, 1.54) is 31.2 Å². The lowest BCUT2D eigenvalue weighted by Crippen LogP contribution is -2.48. The van der Waals surface area contributed by atoms with Crippen LogP contribution in [0, 0.1) is 5.92 Å². The van der Waals surface area contributed by atoms with E-state index < -0.39 is 0 Å². The van der Waals surface area contributed by atoms with Gasteiger partial charge in [0, 0.05) is 18.9 Å². The van der Waals surface area contributed by atoms with Gasteiger partial charge >= 0.3 is 0 Å². The Labute approximate surface area is 149 Å². The molecule has 2 atom stereocenters. The molecule has 0 bridgehead atoms. The highest BCUT2D eigenvalue weighted by atomic mass is 16.5. The van der Waals surface area contributed by atoms with E-state index in [1.54, 1.807) is 0 Å². The molecule has 0 radical (unpaired) electrons. The minimum atomic E-state index is -0.0945. The van der Waals surface area contributed by atoms with Gasteiger partial charge < -0.3 is 14.6 Å². The van der Waals surface area contributed by atoms with Crippen molar-refractivity contribution >= 4 is 5.91 Å². The Morgan fingerprint density at radius 1 is 1.16 bits per heavy atom. The van der Waals surface area contributed by atoms with Gasteiger partial charge in [0.1, 0.15) is 11.8 Å². The molecule has 0 aromatic heterocycles. The summed E-state index contributed by atoms with van der Waals surface area (Å²) in [6.07, 6.45) is 9.93. The number of amides is 1. The first-order chi connectivity index (χ1) is 12.2. The number of carbonyl (C=O) groups excluding carboxylic acids is 1. The van der Waals surface area contributed by atoms with Crippen LogP contribution in [0.4, 0.5) is 0 Å². The molecule has 1 aliphatic carbocycles. The summed E-state index contributed by atoms with van der Waals surface area (Å²) in [5.74, 6) is 1.80. The monoisotopic (exact) mass is 341 g/mol. The summed E-state index contributed by atoms with van der Waals surface area (Å²) in [4.78, 5) is 14.8. The van der Waals surface area contributed by atoms with Crippen molar-refractivity contribution in [2.75, 3.05) is 13.2 Å². The standard InChI is InChI=1S/C20H27N3O2/c1-2-25-17-9-7-16(8-10-17)18-13-19-20(24)22(11-12-23(19)21-18)14-15-5-3-4-6-15/h7-12,15,18-19,21H,2-6,13-14H2,1H3. The summed E-state index contributed by atoms with van der Waals surface area (Å²) in [5, 5.41) is 1.98. The lowest BCUT2D eigenvalue weighted by atomic mass is 10.00. The quantitative estimate of drug-likeness (QED) is 0.893. The first-order valence-electron chi connectivity index (χ1n) is 9.50. The van der Waals surface area contributed by atoms with Crippen LogP contribution >= 0.6 is 0 Å². The second-order valence-electron chi connectivity index (χ2n) is 7.28. The molecule has 2 aliphatic heterocycles. The molecule has 1 amide bonds. The molecule has 3 aliphatic rings. The van der Waals surface area contributed by atoms with Gasteiger partial charge in [-0.2, -0.15) is 0 Å². The van der Waals surface area contributed by atoms with Crippen LogP contribution in [0.1, 0.15) is 50.6 Å². The molecular weight excluding hydrogens is 314 g/mol.